The Bertz CT molecular complexity index is 315. The summed E-state index contributed by atoms with van der Waals surface area (Å²) < 4.78 is 1.90. The lowest BCUT2D eigenvalue weighted by atomic mass is 10.1. The van der Waals surface area contributed by atoms with E-state index in [-0.39, 0.29) is 0 Å². The summed E-state index contributed by atoms with van der Waals surface area (Å²) in [4.78, 5) is 4.56. The van der Waals surface area contributed by atoms with Gasteiger partial charge in [-0.3, -0.25) is 4.68 Å². The first-order valence-electron chi connectivity index (χ1n) is 6.11. The fourth-order valence-electron chi connectivity index (χ4n) is 1.62. The maximum atomic E-state index is 4.56. The quantitative estimate of drug-likeness (QED) is 0.797. The third kappa shape index (κ3) is 4.31. The predicted octanol–water partition coefficient (Wildman–Crippen LogP) is 1.55. The van der Waals surface area contributed by atoms with Gasteiger partial charge >= 0.3 is 0 Å². The molecule has 0 aliphatic rings. The Morgan fingerprint density at radius 1 is 1.25 bits per heavy atom. The Balaban J connectivity index is 2.50. The van der Waals surface area contributed by atoms with Gasteiger partial charge in [0, 0.05) is 32.5 Å². The molecule has 0 spiro atoms. The minimum atomic E-state index is 0.531. The van der Waals surface area contributed by atoms with Crippen LogP contribution in [0.15, 0.2) is 0 Å². The van der Waals surface area contributed by atoms with Crippen molar-refractivity contribution in [3.63, 3.8) is 0 Å². The van der Waals surface area contributed by atoms with Crippen LogP contribution in [-0.4, -0.2) is 27.4 Å². The first kappa shape index (κ1) is 13.2. The van der Waals surface area contributed by atoms with Gasteiger partial charge in [-0.2, -0.15) is 5.10 Å². The Kier molecular flexibility index (Phi) is 4.93. The Labute approximate surface area is 98.5 Å². The summed E-state index contributed by atoms with van der Waals surface area (Å²) in [7, 11) is 1.97. The van der Waals surface area contributed by atoms with Crippen LogP contribution in [0.4, 0.5) is 0 Å². The molecule has 4 heteroatoms. The fraction of sp³-hybridized carbons (Fsp3) is 0.833. The van der Waals surface area contributed by atoms with Gasteiger partial charge in [0.15, 0.2) is 5.82 Å². The first-order valence-corrected chi connectivity index (χ1v) is 6.11. The molecule has 0 aromatic carbocycles. The normalized spacial score (nSPS) is 11.7. The fourth-order valence-corrected chi connectivity index (χ4v) is 1.62. The van der Waals surface area contributed by atoms with Crippen molar-refractivity contribution in [3.05, 3.63) is 11.6 Å². The van der Waals surface area contributed by atoms with Gasteiger partial charge < -0.3 is 5.32 Å². The highest BCUT2D eigenvalue weighted by Gasteiger charge is 2.08. The van der Waals surface area contributed by atoms with Crippen LogP contribution >= 0.6 is 0 Å². The van der Waals surface area contributed by atoms with Gasteiger partial charge in [0.2, 0.25) is 0 Å². The van der Waals surface area contributed by atoms with E-state index in [1.54, 1.807) is 0 Å². The third-order valence-electron chi connectivity index (χ3n) is 2.39. The summed E-state index contributed by atoms with van der Waals surface area (Å²) in [5.41, 5.74) is 0. The number of nitrogens with one attached hydrogen (secondary N) is 1. The molecule has 0 amide bonds. The lowest BCUT2D eigenvalue weighted by Gasteiger charge is -2.06. The smallest absolute Gasteiger partial charge is 0.151 e. The standard InChI is InChI=1S/C12H24N4/c1-9(2)8-11-14-12(16(5)15-11)6-7-13-10(3)4/h9-10,13H,6-8H2,1-5H3. The van der Waals surface area contributed by atoms with E-state index >= 15 is 0 Å². The van der Waals surface area contributed by atoms with Crippen molar-refractivity contribution >= 4 is 0 Å². The number of aryl methyl sites for hydroxylation is 1. The second-order valence-electron chi connectivity index (χ2n) is 5.02. The molecule has 0 aliphatic carbocycles. The van der Waals surface area contributed by atoms with Crippen LogP contribution in [0.25, 0.3) is 0 Å². The Morgan fingerprint density at radius 3 is 2.50 bits per heavy atom. The van der Waals surface area contributed by atoms with Gasteiger partial charge in [-0.1, -0.05) is 27.7 Å². The lowest BCUT2D eigenvalue weighted by molar-refractivity contribution is 0.570. The molecule has 1 N–H and O–H groups in total. The van der Waals surface area contributed by atoms with E-state index in [1.807, 2.05) is 11.7 Å². The molecule has 0 fully saturated rings. The second kappa shape index (κ2) is 5.99. The largest absolute Gasteiger partial charge is 0.314 e. The van der Waals surface area contributed by atoms with Crippen molar-refractivity contribution in [2.45, 2.75) is 46.6 Å². The summed E-state index contributed by atoms with van der Waals surface area (Å²) in [6.45, 7) is 9.65. The molecule has 1 aromatic heterocycles. The van der Waals surface area contributed by atoms with Gasteiger partial charge in [0.25, 0.3) is 0 Å². The van der Waals surface area contributed by atoms with Crippen LogP contribution in [0, 0.1) is 5.92 Å². The number of hydrogen-bond acceptors (Lipinski definition) is 3. The number of nitrogens with zero attached hydrogens (tertiary/aromatic N) is 3. The van der Waals surface area contributed by atoms with E-state index in [4.69, 9.17) is 0 Å². The molecular weight excluding hydrogens is 200 g/mol. The van der Waals surface area contributed by atoms with Crippen molar-refractivity contribution in [1.82, 2.24) is 20.1 Å². The summed E-state index contributed by atoms with van der Waals surface area (Å²) >= 11 is 0. The lowest BCUT2D eigenvalue weighted by Crippen LogP contribution is -2.25. The van der Waals surface area contributed by atoms with Crippen molar-refractivity contribution in [1.29, 1.82) is 0 Å². The van der Waals surface area contributed by atoms with E-state index in [9.17, 15) is 0 Å². The predicted molar refractivity (Wildman–Crippen MR) is 66.4 cm³/mol. The van der Waals surface area contributed by atoms with E-state index in [2.05, 4.69) is 43.1 Å². The molecule has 0 radical (unpaired) electrons. The molecule has 1 heterocycles. The number of aromatic nitrogens is 3. The second-order valence-corrected chi connectivity index (χ2v) is 5.02. The van der Waals surface area contributed by atoms with Gasteiger partial charge in [-0.25, -0.2) is 4.98 Å². The maximum Gasteiger partial charge on any atom is 0.151 e. The van der Waals surface area contributed by atoms with E-state index < -0.39 is 0 Å². The van der Waals surface area contributed by atoms with Gasteiger partial charge in [-0.05, 0) is 5.92 Å². The highest BCUT2D eigenvalue weighted by atomic mass is 15.3. The average Bonchev–Trinajstić information content (AvgIpc) is 2.45. The van der Waals surface area contributed by atoms with Crippen LogP contribution in [0.3, 0.4) is 0 Å². The maximum absolute atomic E-state index is 4.56. The van der Waals surface area contributed by atoms with Crippen molar-refractivity contribution in [2.75, 3.05) is 6.54 Å². The van der Waals surface area contributed by atoms with Crippen LogP contribution in [0.1, 0.15) is 39.3 Å². The topological polar surface area (TPSA) is 42.7 Å². The van der Waals surface area contributed by atoms with Crippen LogP contribution in [0.5, 0.6) is 0 Å². The van der Waals surface area contributed by atoms with Gasteiger partial charge in [-0.15, -0.1) is 0 Å². The van der Waals surface area contributed by atoms with Crippen molar-refractivity contribution < 1.29 is 0 Å². The number of hydrogen-bond donors (Lipinski definition) is 1. The molecule has 0 saturated carbocycles. The first-order chi connectivity index (χ1) is 7.49. The summed E-state index contributed by atoms with van der Waals surface area (Å²) in [5, 5.41) is 7.82. The monoisotopic (exact) mass is 224 g/mol. The molecule has 0 saturated heterocycles. The highest BCUT2D eigenvalue weighted by Crippen LogP contribution is 2.04. The molecule has 4 nitrogen and oxygen atoms in total. The Hall–Kier alpha value is -0.900. The average molecular weight is 224 g/mol. The minimum absolute atomic E-state index is 0.531. The molecule has 0 atom stereocenters. The molecule has 0 unspecified atom stereocenters. The third-order valence-corrected chi connectivity index (χ3v) is 2.39. The van der Waals surface area contributed by atoms with E-state index in [0.717, 1.165) is 31.0 Å². The molecule has 92 valence electrons. The zero-order valence-corrected chi connectivity index (χ0v) is 11.1. The van der Waals surface area contributed by atoms with Crippen LogP contribution in [0.2, 0.25) is 0 Å². The van der Waals surface area contributed by atoms with Crippen molar-refractivity contribution in [2.24, 2.45) is 13.0 Å². The summed E-state index contributed by atoms with van der Waals surface area (Å²) in [5.74, 6) is 2.66. The molecule has 1 aromatic rings. The van der Waals surface area contributed by atoms with Gasteiger partial charge in [0.05, 0.1) is 0 Å². The summed E-state index contributed by atoms with van der Waals surface area (Å²) in [6.07, 6.45) is 1.91. The molecule has 0 bridgehead atoms. The van der Waals surface area contributed by atoms with E-state index in [1.165, 1.54) is 0 Å². The van der Waals surface area contributed by atoms with Crippen LogP contribution in [-0.2, 0) is 19.9 Å². The minimum Gasteiger partial charge on any atom is -0.314 e. The zero-order valence-electron chi connectivity index (χ0n) is 11.1. The van der Waals surface area contributed by atoms with E-state index in [0.29, 0.717) is 12.0 Å². The van der Waals surface area contributed by atoms with Crippen molar-refractivity contribution in [3.8, 4) is 0 Å². The summed E-state index contributed by atoms with van der Waals surface area (Å²) in [6, 6.07) is 0.531. The molecule has 1 rings (SSSR count). The molecule has 0 aliphatic heterocycles. The SMILES string of the molecule is CC(C)Cc1nc(CCNC(C)C)n(C)n1. The zero-order chi connectivity index (χ0) is 12.1. The van der Waals surface area contributed by atoms with Crippen LogP contribution < -0.4 is 5.32 Å². The molecule has 16 heavy (non-hydrogen) atoms. The Morgan fingerprint density at radius 2 is 1.94 bits per heavy atom. The highest BCUT2D eigenvalue weighted by molar-refractivity contribution is 4.94. The van der Waals surface area contributed by atoms with Gasteiger partial charge in [0.1, 0.15) is 5.82 Å². The number of rotatable bonds is 6. The molecular formula is C12H24N4.